The second-order valence-corrected chi connectivity index (χ2v) is 4.94. The van der Waals surface area contributed by atoms with E-state index in [0.717, 1.165) is 5.69 Å². The minimum Gasteiger partial charge on any atom is -0.256 e. The van der Waals surface area contributed by atoms with Gasteiger partial charge in [-0.1, -0.05) is 60.7 Å². The van der Waals surface area contributed by atoms with Gasteiger partial charge < -0.3 is 0 Å². The number of rotatable bonds is 1. The number of para-hydroxylation sites is 1. The van der Waals surface area contributed by atoms with Crippen molar-refractivity contribution >= 4 is 34.3 Å². The number of hydrogen-bond donors (Lipinski definition) is 0. The fourth-order valence-electron chi connectivity index (χ4n) is 2.70. The summed E-state index contributed by atoms with van der Waals surface area (Å²) in [6, 6.07) is 23.1. The zero-order valence-electron chi connectivity index (χ0n) is 11.0. The van der Waals surface area contributed by atoms with Gasteiger partial charge in [0.25, 0.3) is 0 Å². The summed E-state index contributed by atoms with van der Waals surface area (Å²) < 4.78 is 0. The largest absolute Gasteiger partial charge is 0.256 e. The van der Waals surface area contributed by atoms with E-state index >= 15 is 0 Å². The van der Waals surface area contributed by atoms with Crippen LogP contribution < -0.4 is 0 Å². The molecule has 3 aromatic carbocycles. The van der Waals surface area contributed by atoms with Gasteiger partial charge in [-0.3, -0.25) is 4.99 Å². The molecule has 4 rings (SSSR count). The van der Waals surface area contributed by atoms with Crippen molar-refractivity contribution in [2.24, 2.45) is 4.99 Å². The molecular formula is C19H13N. The van der Waals surface area contributed by atoms with E-state index in [1.165, 1.54) is 27.5 Å². The molecule has 0 radical (unpaired) electrons. The quantitative estimate of drug-likeness (QED) is 0.574. The Balaban J connectivity index is 1.90. The first-order chi connectivity index (χ1) is 9.92. The van der Waals surface area contributed by atoms with Crippen LogP contribution >= 0.6 is 0 Å². The zero-order valence-corrected chi connectivity index (χ0v) is 11.0. The molecule has 94 valence electrons. The SMILES string of the molecule is C1=Nc2ccccc2/C1=C/c1cccc2ccccc12. The Morgan fingerprint density at radius 2 is 1.55 bits per heavy atom. The highest BCUT2D eigenvalue weighted by molar-refractivity contribution is 6.22. The molecule has 0 bridgehead atoms. The van der Waals surface area contributed by atoms with Crippen LogP contribution in [0.4, 0.5) is 5.69 Å². The van der Waals surface area contributed by atoms with Crippen LogP contribution in [0.5, 0.6) is 0 Å². The molecule has 1 aliphatic heterocycles. The Labute approximate surface area is 117 Å². The Morgan fingerprint density at radius 1 is 0.750 bits per heavy atom. The van der Waals surface area contributed by atoms with Gasteiger partial charge >= 0.3 is 0 Å². The van der Waals surface area contributed by atoms with Crippen molar-refractivity contribution in [1.29, 1.82) is 0 Å². The Morgan fingerprint density at radius 3 is 2.55 bits per heavy atom. The molecule has 0 N–H and O–H groups in total. The van der Waals surface area contributed by atoms with E-state index in [1.807, 2.05) is 12.3 Å². The van der Waals surface area contributed by atoms with Gasteiger partial charge in [-0.05, 0) is 28.5 Å². The predicted molar refractivity (Wildman–Crippen MR) is 86.4 cm³/mol. The number of benzene rings is 3. The average molecular weight is 255 g/mol. The van der Waals surface area contributed by atoms with Crippen LogP contribution in [0.15, 0.2) is 71.7 Å². The molecule has 0 spiro atoms. The third-order valence-corrected chi connectivity index (χ3v) is 3.69. The van der Waals surface area contributed by atoms with Crippen molar-refractivity contribution < 1.29 is 0 Å². The van der Waals surface area contributed by atoms with Crippen LogP contribution in [0.1, 0.15) is 11.1 Å². The molecule has 0 aliphatic carbocycles. The first-order valence-corrected chi connectivity index (χ1v) is 6.75. The fraction of sp³-hybridized carbons (Fsp3) is 0. The van der Waals surface area contributed by atoms with E-state index < -0.39 is 0 Å². The van der Waals surface area contributed by atoms with Crippen molar-refractivity contribution in [3.05, 3.63) is 77.9 Å². The summed E-state index contributed by atoms with van der Waals surface area (Å²) in [5, 5.41) is 2.55. The van der Waals surface area contributed by atoms with Crippen LogP contribution in [-0.4, -0.2) is 6.21 Å². The molecule has 20 heavy (non-hydrogen) atoms. The third-order valence-electron chi connectivity index (χ3n) is 3.69. The van der Waals surface area contributed by atoms with Crippen molar-refractivity contribution in [2.45, 2.75) is 0 Å². The molecule has 0 saturated carbocycles. The van der Waals surface area contributed by atoms with Crippen molar-refractivity contribution in [3.8, 4) is 0 Å². The smallest absolute Gasteiger partial charge is 0.0708 e. The van der Waals surface area contributed by atoms with Crippen molar-refractivity contribution in [3.63, 3.8) is 0 Å². The van der Waals surface area contributed by atoms with Crippen molar-refractivity contribution in [1.82, 2.24) is 0 Å². The van der Waals surface area contributed by atoms with Crippen LogP contribution in [-0.2, 0) is 0 Å². The summed E-state index contributed by atoms with van der Waals surface area (Å²) >= 11 is 0. The number of hydrogen-bond acceptors (Lipinski definition) is 1. The zero-order chi connectivity index (χ0) is 13.4. The van der Waals surface area contributed by atoms with E-state index in [1.54, 1.807) is 0 Å². The lowest BCUT2D eigenvalue weighted by Gasteiger charge is -2.04. The van der Waals surface area contributed by atoms with Gasteiger partial charge in [0.15, 0.2) is 0 Å². The van der Waals surface area contributed by atoms with Gasteiger partial charge in [-0.25, -0.2) is 0 Å². The predicted octanol–water partition coefficient (Wildman–Crippen LogP) is 5.10. The highest BCUT2D eigenvalue weighted by Gasteiger charge is 2.11. The maximum Gasteiger partial charge on any atom is 0.0708 e. The number of fused-ring (bicyclic) bond motifs is 2. The average Bonchev–Trinajstić information content (AvgIpc) is 2.91. The van der Waals surface area contributed by atoms with E-state index in [2.05, 4.69) is 71.7 Å². The van der Waals surface area contributed by atoms with Crippen molar-refractivity contribution in [2.75, 3.05) is 0 Å². The molecule has 3 aromatic rings. The van der Waals surface area contributed by atoms with Gasteiger partial charge in [-0.15, -0.1) is 0 Å². The molecule has 1 heterocycles. The highest BCUT2D eigenvalue weighted by Crippen LogP contribution is 2.33. The van der Waals surface area contributed by atoms with E-state index in [0.29, 0.717) is 0 Å². The molecule has 0 fully saturated rings. The normalized spacial score (nSPS) is 14.9. The first-order valence-electron chi connectivity index (χ1n) is 6.75. The second kappa shape index (κ2) is 4.46. The number of aliphatic imine (C=N–C) groups is 1. The second-order valence-electron chi connectivity index (χ2n) is 4.94. The summed E-state index contributed by atoms with van der Waals surface area (Å²) in [7, 11) is 0. The lowest BCUT2D eigenvalue weighted by atomic mass is 10.00. The Bertz CT molecular complexity index is 851. The first kappa shape index (κ1) is 11.2. The fourth-order valence-corrected chi connectivity index (χ4v) is 2.70. The van der Waals surface area contributed by atoms with E-state index in [4.69, 9.17) is 0 Å². The maximum atomic E-state index is 4.46. The maximum absolute atomic E-state index is 4.46. The molecule has 0 amide bonds. The molecule has 0 saturated heterocycles. The van der Waals surface area contributed by atoms with Gasteiger partial charge in [0.2, 0.25) is 0 Å². The summed E-state index contributed by atoms with van der Waals surface area (Å²) in [5.74, 6) is 0. The Hall–Kier alpha value is -2.67. The molecular weight excluding hydrogens is 242 g/mol. The number of nitrogens with zero attached hydrogens (tertiary/aromatic N) is 1. The molecule has 1 heteroatoms. The molecule has 1 nitrogen and oxygen atoms in total. The molecule has 0 aromatic heterocycles. The third kappa shape index (κ3) is 1.76. The standard InChI is InChI=1S/C19H13N/c1-2-9-17-14(6-1)7-5-8-15(17)12-16-13-20-19-11-4-3-10-18(16)19/h1-13H/b16-12+. The molecule has 0 unspecified atom stereocenters. The van der Waals surface area contributed by atoms with Gasteiger partial charge in [0.05, 0.1) is 5.69 Å². The van der Waals surface area contributed by atoms with E-state index in [9.17, 15) is 0 Å². The minimum atomic E-state index is 1.05. The van der Waals surface area contributed by atoms with Crippen LogP contribution in [0, 0.1) is 0 Å². The topological polar surface area (TPSA) is 12.4 Å². The highest BCUT2D eigenvalue weighted by atomic mass is 14.7. The Kier molecular flexibility index (Phi) is 2.49. The van der Waals surface area contributed by atoms with Gasteiger partial charge in [0.1, 0.15) is 0 Å². The molecule has 0 atom stereocenters. The lowest BCUT2D eigenvalue weighted by molar-refractivity contribution is 1.55. The van der Waals surface area contributed by atoms with Crippen LogP contribution in [0.2, 0.25) is 0 Å². The van der Waals surface area contributed by atoms with E-state index in [-0.39, 0.29) is 0 Å². The lowest BCUT2D eigenvalue weighted by Crippen LogP contribution is -1.82. The van der Waals surface area contributed by atoms with Crippen LogP contribution in [0.25, 0.3) is 22.4 Å². The number of allylic oxidation sites excluding steroid dienone is 1. The summed E-state index contributed by atoms with van der Waals surface area (Å²) in [4.78, 5) is 4.46. The van der Waals surface area contributed by atoms with Gasteiger partial charge in [-0.2, -0.15) is 0 Å². The summed E-state index contributed by atoms with van der Waals surface area (Å²) in [6.07, 6.45) is 4.17. The van der Waals surface area contributed by atoms with Crippen LogP contribution in [0.3, 0.4) is 0 Å². The summed E-state index contributed by atoms with van der Waals surface area (Å²) in [5.41, 5.74) is 4.68. The molecule has 1 aliphatic rings. The van der Waals surface area contributed by atoms with Gasteiger partial charge in [0, 0.05) is 17.4 Å². The summed E-state index contributed by atoms with van der Waals surface area (Å²) in [6.45, 7) is 0. The minimum absolute atomic E-state index is 1.05. The monoisotopic (exact) mass is 255 g/mol.